The van der Waals surface area contributed by atoms with E-state index in [9.17, 15) is 23.6 Å². The Bertz CT molecular complexity index is 1180. The van der Waals surface area contributed by atoms with Gasteiger partial charge in [-0.25, -0.2) is 4.39 Å². The maximum atomic E-state index is 13.6. The van der Waals surface area contributed by atoms with E-state index in [1.54, 1.807) is 48.5 Å². The normalized spacial score (nSPS) is 11.1. The molecule has 0 fully saturated rings. The lowest BCUT2D eigenvalue weighted by Gasteiger charge is -2.15. The van der Waals surface area contributed by atoms with Crippen LogP contribution in [0.4, 0.5) is 4.39 Å². The van der Waals surface area contributed by atoms with Gasteiger partial charge in [0.25, 0.3) is 17.7 Å². The van der Waals surface area contributed by atoms with Crippen LogP contribution in [0.3, 0.4) is 0 Å². The quantitative estimate of drug-likeness (QED) is 0.351. The molecule has 3 rings (SSSR count). The second kappa shape index (κ2) is 11.4. The molecular weight excluding hydrogens is 441 g/mol. The third kappa shape index (κ3) is 6.49. The Morgan fingerprint density at radius 3 is 2.12 bits per heavy atom. The van der Waals surface area contributed by atoms with Crippen molar-refractivity contribution in [3.63, 3.8) is 0 Å². The first-order chi connectivity index (χ1) is 16.3. The van der Waals surface area contributed by atoms with E-state index in [4.69, 9.17) is 4.74 Å². The van der Waals surface area contributed by atoms with Crippen LogP contribution in [-0.4, -0.2) is 36.2 Å². The third-order valence-electron chi connectivity index (χ3n) is 4.69. The van der Waals surface area contributed by atoms with Gasteiger partial charge in [0.15, 0.2) is 11.9 Å². The summed E-state index contributed by atoms with van der Waals surface area (Å²) < 4.78 is 19.1. The molecule has 1 atom stereocenters. The van der Waals surface area contributed by atoms with Gasteiger partial charge in [-0.15, -0.1) is 0 Å². The highest BCUT2D eigenvalue weighted by Gasteiger charge is 2.17. The van der Waals surface area contributed by atoms with Crippen molar-refractivity contribution in [2.24, 2.45) is 0 Å². The Kier molecular flexibility index (Phi) is 8.07. The Balaban J connectivity index is 1.44. The summed E-state index contributed by atoms with van der Waals surface area (Å²) in [5.74, 6) is -2.60. The number of nitrogens with one attached hydrogen (secondary N) is 3. The van der Waals surface area contributed by atoms with Crippen LogP contribution in [0.25, 0.3) is 0 Å². The highest BCUT2D eigenvalue weighted by molar-refractivity contribution is 6.09. The van der Waals surface area contributed by atoms with Crippen molar-refractivity contribution in [1.82, 2.24) is 16.2 Å². The minimum atomic E-state index is -0.969. The molecule has 3 amide bonds. The number of hydrazine groups is 1. The molecule has 9 heteroatoms. The SMILES string of the molecule is CC(Oc1ccc(C(=O)c2ccccc2)cc1)C(=O)NNC(=O)CNC(=O)c1ccccc1F. The molecule has 34 heavy (non-hydrogen) atoms. The maximum absolute atomic E-state index is 13.6. The molecule has 0 aromatic heterocycles. The van der Waals surface area contributed by atoms with E-state index >= 15 is 0 Å². The summed E-state index contributed by atoms with van der Waals surface area (Å²) in [5.41, 5.74) is 5.16. The predicted molar refractivity (Wildman–Crippen MR) is 121 cm³/mol. The van der Waals surface area contributed by atoms with Crippen LogP contribution >= 0.6 is 0 Å². The van der Waals surface area contributed by atoms with Crippen LogP contribution in [0.5, 0.6) is 5.75 Å². The van der Waals surface area contributed by atoms with Crippen LogP contribution in [-0.2, 0) is 9.59 Å². The summed E-state index contributed by atoms with van der Waals surface area (Å²) in [6.07, 6.45) is -0.969. The van der Waals surface area contributed by atoms with Gasteiger partial charge in [0.2, 0.25) is 0 Å². The number of hydrogen-bond donors (Lipinski definition) is 3. The first kappa shape index (κ1) is 24.1. The van der Waals surface area contributed by atoms with Crippen LogP contribution < -0.4 is 20.9 Å². The zero-order valence-corrected chi connectivity index (χ0v) is 18.2. The molecule has 0 aliphatic heterocycles. The van der Waals surface area contributed by atoms with Gasteiger partial charge in [0.05, 0.1) is 12.1 Å². The number of amides is 3. The molecule has 1 unspecified atom stereocenters. The van der Waals surface area contributed by atoms with Crippen molar-refractivity contribution in [1.29, 1.82) is 0 Å². The van der Waals surface area contributed by atoms with Crippen LogP contribution in [0.1, 0.15) is 33.2 Å². The highest BCUT2D eigenvalue weighted by atomic mass is 19.1. The average molecular weight is 463 g/mol. The average Bonchev–Trinajstić information content (AvgIpc) is 2.86. The largest absolute Gasteiger partial charge is 0.481 e. The molecule has 0 bridgehead atoms. The van der Waals surface area contributed by atoms with Gasteiger partial charge in [0.1, 0.15) is 11.6 Å². The lowest BCUT2D eigenvalue weighted by molar-refractivity contribution is -0.132. The molecule has 0 radical (unpaired) electrons. The van der Waals surface area contributed by atoms with Gasteiger partial charge >= 0.3 is 0 Å². The number of carbonyl (C=O) groups excluding carboxylic acids is 4. The number of ether oxygens (including phenoxy) is 1. The summed E-state index contributed by atoms with van der Waals surface area (Å²) in [6.45, 7) is 1.00. The van der Waals surface area contributed by atoms with E-state index in [2.05, 4.69) is 16.2 Å². The topological polar surface area (TPSA) is 114 Å². The smallest absolute Gasteiger partial charge is 0.279 e. The minimum Gasteiger partial charge on any atom is -0.481 e. The zero-order chi connectivity index (χ0) is 24.5. The molecule has 8 nitrogen and oxygen atoms in total. The van der Waals surface area contributed by atoms with Gasteiger partial charge in [0, 0.05) is 11.1 Å². The van der Waals surface area contributed by atoms with Crippen LogP contribution in [0.2, 0.25) is 0 Å². The Morgan fingerprint density at radius 1 is 0.824 bits per heavy atom. The molecular formula is C25H22FN3O5. The molecule has 0 saturated heterocycles. The molecule has 0 heterocycles. The summed E-state index contributed by atoms with van der Waals surface area (Å²) in [5, 5.41) is 2.26. The second-order valence-electron chi connectivity index (χ2n) is 7.18. The van der Waals surface area contributed by atoms with Gasteiger partial charge < -0.3 is 10.1 Å². The molecule has 0 aliphatic carbocycles. The molecule has 3 N–H and O–H groups in total. The summed E-state index contributed by atoms with van der Waals surface area (Å²) >= 11 is 0. The molecule has 174 valence electrons. The van der Waals surface area contributed by atoms with Crippen molar-refractivity contribution in [3.8, 4) is 5.75 Å². The van der Waals surface area contributed by atoms with Crippen molar-refractivity contribution in [3.05, 3.63) is 101 Å². The molecule has 3 aromatic carbocycles. The fourth-order valence-corrected chi connectivity index (χ4v) is 2.88. The van der Waals surface area contributed by atoms with Gasteiger partial charge in [-0.1, -0.05) is 42.5 Å². The van der Waals surface area contributed by atoms with Crippen molar-refractivity contribution in [2.45, 2.75) is 13.0 Å². The van der Waals surface area contributed by atoms with Crippen LogP contribution in [0, 0.1) is 5.82 Å². The fourth-order valence-electron chi connectivity index (χ4n) is 2.88. The zero-order valence-electron chi connectivity index (χ0n) is 18.2. The Hall–Kier alpha value is -4.53. The summed E-state index contributed by atoms with van der Waals surface area (Å²) in [7, 11) is 0. The van der Waals surface area contributed by atoms with E-state index in [0.29, 0.717) is 16.9 Å². The lowest BCUT2D eigenvalue weighted by Crippen LogP contribution is -2.50. The number of rotatable bonds is 8. The van der Waals surface area contributed by atoms with E-state index in [0.717, 1.165) is 6.07 Å². The molecule has 0 aliphatic rings. The van der Waals surface area contributed by atoms with Gasteiger partial charge in [-0.3, -0.25) is 30.0 Å². The van der Waals surface area contributed by atoms with Gasteiger partial charge in [-0.2, -0.15) is 0 Å². The predicted octanol–water partition coefficient (Wildman–Crippen LogP) is 2.40. The van der Waals surface area contributed by atoms with E-state index < -0.39 is 36.2 Å². The molecule has 0 spiro atoms. The van der Waals surface area contributed by atoms with E-state index in [1.807, 2.05) is 6.07 Å². The number of benzene rings is 3. The van der Waals surface area contributed by atoms with Crippen molar-refractivity contribution >= 4 is 23.5 Å². The summed E-state index contributed by atoms with van der Waals surface area (Å²) in [4.78, 5) is 48.4. The lowest BCUT2D eigenvalue weighted by atomic mass is 10.0. The Morgan fingerprint density at radius 2 is 1.44 bits per heavy atom. The molecule has 0 saturated carbocycles. The summed E-state index contributed by atoms with van der Waals surface area (Å²) in [6, 6.07) is 20.5. The van der Waals surface area contributed by atoms with Crippen molar-refractivity contribution < 1.29 is 28.3 Å². The standard InChI is InChI=1S/C25H22FN3O5/c1-16(34-19-13-11-18(12-14-19)23(31)17-7-3-2-4-8-17)24(32)29-28-22(30)15-27-25(33)20-9-5-6-10-21(20)26/h2-14,16H,15H2,1H3,(H,27,33)(H,28,30)(H,29,32). The van der Waals surface area contributed by atoms with E-state index in [1.165, 1.54) is 25.1 Å². The van der Waals surface area contributed by atoms with Gasteiger partial charge in [-0.05, 0) is 43.3 Å². The number of carbonyl (C=O) groups is 4. The fraction of sp³-hybridized carbons (Fsp3) is 0.120. The van der Waals surface area contributed by atoms with Crippen molar-refractivity contribution in [2.75, 3.05) is 6.54 Å². The first-order valence-electron chi connectivity index (χ1n) is 10.3. The van der Waals surface area contributed by atoms with E-state index in [-0.39, 0.29) is 11.3 Å². The van der Waals surface area contributed by atoms with Crippen LogP contribution in [0.15, 0.2) is 78.9 Å². The first-order valence-corrected chi connectivity index (χ1v) is 10.3. The maximum Gasteiger partial charge on any atom is 0.279 e. The second-order valence-corrected chi connectivity index (χ2v) is 7.18. The number of ketones is 1. The Labute approximate surface area is 195 Å². The monoisotopic (exact) mass is 463 g/mol. The third-order valence-corrected chi connectivity index (χ3v) is 4.69. The molecule has 3 aromatic rings. The number of hydrogen-bond acceptors (Lipinski definition) is 5. The number of halogens is 1. The minimum absolute atomic E-state index is 0.136. The highest BCUT2D eigenvalue weighted by Crippen LogP contribution is 2.16.